The van der Waals surface area contributed by atoms with E-state index in [9.17, 15) is 0 Å². The minimum atomic E-state index is -0.537. The molecule has 2 rings (SSSR count). The summed E-state index contributed by atoms with van der Waals surface area (Å²) in [5, 5.41) is 17.6. The molecule has 0 spiro atoms. The van der Waals surface area contributed by atoms with Crippen LogP contribution in [0.15, 0.2) is 36.4 Å². The van der Waals surface area contributed by atoms with E-state index in [0.717, 1.165) is 0 Å². The van der Waals surface area contributed by atoms with E-state index in [1.165, 1.54) is 52.3 Å². The SMILES string of the molecule is C.CC(O)=CC(C)O.CN1CCN(C)CCN(C)CC1.Clc1cccnc1.[Ru+3]. The number of hydrogen-bond acceptors (Lipinski definition) is 6. The van der Waals surface area contributed by atoms with Crippen molar-refractivity contribution in [2.24, 2.45) is 0 Å². The number of rotatable bonds is 1. The third-order valence-electron chi connectivity index (χ3n) is 3.70. The number of likely N-dealkylation sites (N-methyl/N-ethyl adjacent to an activating group) is 3. The number of aromatic nitrogens is 1. The summed E-state index contributed by atoms with van der Waals surface area (Å²) < 4.78 is 0. The predicted octanol–water partition coefficient (Wildman–Crippen LogP) is 2.99. The maximum absolute atomic E-state index is 8.49. The van der Waals surface area contributed by atoms with Crippen molar-refractivity contribution in [2.75, 3.05) is 60.4 Å². The van der Waals surface area contributed by atoms with Crippen LogP contribution in [0.2, 0.25) is 5.02 Å². The van der Waals surface area contributed by atoms with E-state index in [1.54, 1.807) is 31.5 Å². The summed E-state index contributed by atoms with van der Waals surface area (Å²) in [5.41, 5.74) is 0. The summed E-state index contributed by atoms with van der Waals surface area (Å²) in [6.07, 6.45) is 4.11. The topological polar surface area (TPSA) is 63.1 Å². The molecule has 2 N–H and O–H groups in total. The molecule has 1 aliphatic rings. The first-order valence-electron chi connectivity index (χ1n) is 8.87. The second-order valence-corrected chi connectivity index (χ2v) is 7.07. The Balaban J connectivity index is -0.000000342. The van der Waals surface area contributed by atoms with Crippen LogP contribution in [0.1, 0.15) is 21.3 Å². The van der Waals surface area contributed by atoms with Crippen LogP contribution in [0.4, 0.5) is 0 Å². The number of aliphatic hydroxyl groups is 2. The first kappa shape index (κ1) is 32.1. The molecule has 1 aromatic rings. The normalized spacial score (nSPS) is 17.6. The quantitative estimate of drug-likeness (QED) is 0.454. The van der Waals surface area contributed by atoms with E-state index in [2.05, 4.69) is 40.8 Å². The zero-order valence-corrected chi connectivity index (χ0v) is 19.6. The van der Waals surface area contributed by atoms with Gasteiger partial charge in [-0.25, -0.2) is 0 Å². The fourth-order valence-electron chi connectivity index (χ4n) is 2.05. The number of halogens is 1. The maximum atomic E-state index is 8.49. The minimum Gasteiger partial charge on any atom is -0.513 e. The molecule has 1 saturated heterocycles. The number of hydrogen-bond donors (Lipinski definition) is 2. The molecule has 6 nitrogen and oxygen atoms in total. The Morgan fingerprint density at radius 2 is 1.46 bits per heavy atom. The summed E-state index contributed by atoms with van der Waals surface area (Å²) in [5.74, 6) is 0.162. The van der Waals surface area contributed by atoms with E-state index in [1.807, 2.05) is 0 Å². The Morgan fingerprint density at radius 1 is 1.07 bits per heavy atom. The van der Waals surface area contributed by atoms with Crippen LogP contribution in [0.5, 0.6) is 0 Å². The molecule has 0 saturated carbocycles. The largest absolute Gasteiger partial charge is 3.00 e. The van der Waals surface area contributed by atoms with Gasteiger partial charge in [0.15, 0.2) is 0 Å². The van der Waals surface area contributed by atoms with E-state index < -0.39 is 6.10 Å². The summed E-state index contributed by atoms with van der Waals surface area (Å²) in [7, 11) is 6.60. The molecule has 8 heteroatoms. The molecule has 1 unspecified atom stereocenters. The van der Waals surface area contributed by atoms with Gasteiger partial charge in [-0.2, -0.15) is 0 Å². The Hall–Kier alpha value is -0.557. The second kappa shape index (κ2) is 19.7. The van der Waals surface area contributed by atoms with Gasteiger partial charge in [-0.15, -0.1) is 0 Å². The molecule has 1 atom stereocenters. The molecule has 2 heterocycles. The van der Waals surface area contributed by atoms with Crippen LogP contribution in [-0.4, -0.2) is 96.4 Å². The monoisotopic (exact) mass is 504 g/mol. The van der Waals surface area contributed by atoms with Gasteiger partial charge in [0.1, 0.15) is 0 Å². The Kier molecular flexibility index (Phi) is 22.7. The fourth-order valence-corrected chi connectivity index (χ4v) is 2.18. The average molecular weight is 504 g/mol. The summed E-state index contributed by atoms with van der Waals surface area (Å²) in [4.78, 5) is 11.0. The number of aliphatic hydroxyl groups excluding tert-OH is 2. The van der Waals surface area contributed by atoms with Crippen LogP contribution in [0.3, 0.4) is 0 Å². The summed E-state index contributed by atoms with van der Waals surface area (Å²) in [6, 6.07) is 3.58. The zero-order valence-electron chi connectivity index (χ0n) is 17.1. The Bertz CT molecular complexity index is 453. The van der Waals surface area contributed by atoms with Crippen molar-refractivity contribution in [3.63, 3.8) is 0 Å². The molecule has 28 heavy (non-hydrogen) atoms. The molecule has 0 bridgehead atoms. The van der Waals surface area contributed by atoms with E-state index >= 15 is 0 Å². The van der Waals surface area contributed by atoms with Gasteiger partial charge >= 0.3 is 19.5 Å². The molecule has 0 amide bonds. The average Bonchev–Trinajstić information content (AvgIpc) is 2.62. The summed E-state index contributed by atoms with van der Waals surface area (Å²) >= 11 is 5.48. The fraction of sp³-hybridized carbons (Fsp3) is 0.650. The van der Waals surface area contributed by atoms with Crippen LogP contribution >= 0.6 is 11.6 Å². The van der Waals surface area contributed by atoms with Crippen LogP contribution in [0, 0.1) is 0 Å². The van der Waals surface area contributed by atoms with Crippen molar-refractivity contribution < 1.29 is 29.7 Å². The molecule has 1 radical (unpaired) electrons. The molecular formula is C20H39ClN4O2Ru+3. The molecule has 1 fully saturated rings. The van der Waals surface area contributed by atoms with E-state index in [0.29, 0.717) is 5.02 Å². The van der Waals surface area contributed by atoms with Crippen molar-refractivity contribution in [1.82, 2.24) is 19.7 Å². The van der Waals surface area contributed by atoms with Crippen LogP contribution in [-0.2, 0) is 19.5 Å². The van der Waals surface area contributed by atoms with Crippen molar-refractivity contribution in [1.29, 1.82) is 0 Å². The smallest absolute Gasteiger partial charge is 0.513 e. The van der Waals surface area contributed by atoms with Gasteiger partial charge in [0.05, 0.1) is 16.9 Å². The van der Waals surface area contributed by atoms with Crippen molar-refractivity contribution in [3.05, 3.63) is 41.4 Å². The van der Waals surface area contributed by atoms with Gasteiger partial charge in [-0.1, -0.05) is 19.0 Å². The van der Waals surface area contributed by atoms with Gasteiger partial charge in [0.2, 0.25) is 0 Å². The number of nitrogens with zero attached hydrogens (tertiary/aromatic N) is 4. The first-order chi connectivity index (χ1) is 12.2. The molecule has 0 aromatic carbocycles. The molecule has 1 aromatic heterocycles. The van der Waals surface area contributed by atoms with Crippen LogP contribution < -0.4 is 0 Å². The molecule has 163 valence electrons. The molecule has 1 aliphatic heterocycles. The van der Waals surface area contributed by atoms with E-state index in [4.69, 9.17) is 21.8 Å². The maximum Gasteiger partial charge on any atom is 3.00 e. The zero-order chi connectivity index (χ0) is 19.9. The van der Waals surface area contributed by atoms with Crippen molar-refractivity contribution >= 4 is 11.6 Å². The van der Waals surface area contributed by atoms with Gasteiger partial charge in [-0.05, 0) is 53.2 Å². The van der Waals surface area contributed by atoms with Gasteiger partial charge in [0, 0.05) is 51.7 Å². The predicted molar refractivity (Wildman–Crippen MR) is 117 cm³/mol. The van der Waals surface area contributed by atoms with Crippen molar-refractivity contribution in [3.8, 4) is 0 Å². The number of pyridine rings is 1. The van der Waals surface area contributed by atoms with Crippen molar-refractivity contribution in [2.45, 2.75) is 27.4 Å². The minimum absolute atomic E-state index is 0. The third-order valence-corrected chi connectivity index (χ3v) is 3.92. The van der Waals surface area contributed by atoms with E-state index in [-0.39, 0.29) is 32.7 Å². The molecule has 0 aliphatic carbocycles. The molecular weight excluding hydrogens is 465 g/mol. The Labute approximate surface area is 190 Å². The van der Waals surface area contributed by atoms with Crippen LogP contribution in [0.25, 0.3) is 0 Å². The van der Waals surface area contributed by atoms with Gasteiger partial charge < -0.3 is 24.9 Å². The third kappa shape index (κ3) is 21.7. The standard InChI is InChI=1S/C9H21N3.C5H4ClN.C5H10O2.CH4.Ru/c1-10-4-6-11(2)8-9-12(3)7-5-10;6-5-2-1-3-7-4-5;1-4(6)3-5(2)7;;/h4-9H2,1-3H3;1-4H;3-4,6-7H,1-2H3;1H4;/q;;;;+3. The number of allylic oxidation sites excluding steroid dienone is 1. The van der Waals surface area contributed by atoms with Gasteiger partial charge in [0.25, 0.3) is 0 Å². The Morgan fingerprint density at radius 3 is 1.61 bits per heavy atom. The summed E-state index contributed by atoms with van der Waals surface area (Å²) in [6.45, 7) is 10.3. The second-order valence-electron chi connectivity index (χ2n) is 6.63. The first-order valence-corrected chi connectivity index (χ1v) is 9.25. The van der Waals surface area contributed by atoms with Gasteiger partial charge in [-0.3, -0.25) is 4.98 Å².